The molecular weight excluding hydrogens is 350 g/mol. The van der Waals surface area contributed by atoms with Crippen LogP contribution >= 0.6 is 0 Å². The van der Waals surface area contributed by atoms with Crippen LogP contribution in [0.3, 0.4) is 0 Å². The Kier molecular flexibility index (Phi) is 7.36. The van der Waals surface area contributed by atoms with Crippen molar-refractivity contribution in [1.29, 1.82) is 0 Å². The van der Waals surface area contributed by atoms with Crippen molar-refractivity contribution in [2.45, 2.75) is 64.2 Å². The highest BCUT2D eigenvalue weighted by Crippen LogP contribution is 2.39. The molecule has 0 bridgehead atoms. The second-order valence-electron chi connectivity index (χ2n) is 6.93. The van der Waals surface area contributed by atoms with Crippen LogP contribution in [0.2, 0.25) is 0 Å². The summed E-state index contributed by atoms with van der Waals surface area (Å²) in [5.74, 6) is -2.54. The molecule has 0 spiro atoms. The molecule has 7 heteroatoms. The fourth-order valence-electron chi connectivity index (χ4n) is 3.41. The van der Waals surface area contributed by atoms with Crippen LogP contribution in [-0.2, 0) is 19.1 Å². The zero-order valence-electron chi connectivity index (χ0n) is 15.6. The highest BCUT2D eigenvalue weighted by Gasteiger charge is 2.49. The number of benzene rings is 1. The monoisotopic (exact) mass is 377 g/mol. The molecule has 1 saturated carbocycles. The van der Waals surface area contributed by atoms with Gasteiger partial charge < -0.3 is 20.3 Å². The summed E-state index contributed by atoms with van der Waals surface area (Å²) in [6.07, 6.45) is 2.81. The molecule has 1 aromatic carbocycles. The Balaban J connectivity index is 2.06. The normalized spacial score (nSPS) is 18.1. The molecule has 1 fully saturated rings. The molecule has 0 aromatic heterocycles. The van der Waals surface area contributed by atoms with Crippen LogP contribution in [0.5, 0.6) is 0 Å². The summed E-state index contributed by atoms with van der Waals surface area (Å²) >= 11 is 0. The highest BCUT2D eigenvalue weighted by molar-refractivity contribution is 5.90. The van der Waals surface area contributed by atoms with Crippen LogP contribution in [-0.4, -0.2) is 35.3 Å². The number of hydrogen-bond donors (Lipinski definition) is 2. The van der Waals surface area contributed by atoms with Gasteiger partial charge in [-0.3, -0.25) is 9.59 Å². The molecule has 3 N–H and O–H groups in total. The summed E-state index contributed by atoms with van der Waals surface area (Å²) in [6, 6.07) is 7.07. The smallest absolute Gasteiger partial charge is 0.341 e. The molecule has 2 rings (SSSR count). The zero-order valence-corrected chi connectivity index (χ0v) is 15.6. The standard InChI is InChI=1S/C20H27NO6/c1-2-9-15(26-17(22)14-10-5-3-6-11-14)27-18(23)16(21)20(19(24)25)12-7-4-8-13-20/h3,5-6,10-11,15-16H,2,4,7-9,12-13,21H2,1H3,(H,24,25). The molecule has 0 heterocycles. The molecule has 0 amide bonds. The van der Waals surface area contributed by atoms with Gasteiger partial charge in [-0.15, -0.1) is 0 Å². The second-order valence-corrected chi connectivity index (χ2v) is 6.93. The summed E-state index contributed by atoms with van der Waals surface area (Å²) in [5, 5.41) is 9.67. The first-order chi connectivity index (χ1) is 12.9. The topological polar surface area (TPSA) is 116 Å². The average Bonchev–Trinajstić information content (AvgIpc) is 2.68. The lowest BCUT2D eigenvalue weighted by Gasteiger charge is -2.37. The summed E-state index contributed by atoms with van der Waals surface area (Å²) in [6.45, 7) is 1.86. The van der Waals surface area contributed by atoms with Crippen molar-refractivity contribution in [2.75, 3.05) is 0 Å². The van der Waals surface area contributed by atoms with Gasteiger partial charge in [0, 0.05) is 6.42 Å². The van der Waals surface area contributed by atoms with E-state index in [1.54, 1.807) is 30.3 Å². The molecule has 2 unspecified atom stereocenters. The Hall–Kier alpha value is -2.41. The van der Waals surface area contributed by atoms with Crippen molar-refractivity contribution in [2.24, 2.45) is 11.1 Å². The van der Waals surface area contributed by atoms with Crippen LogP contribution in [0.15, 0.2) is 30.3 Å². The minimum atomic E-state index is -1.32. The third-order valence-corrected chi connectivity index (χ3v) is 5.04. The van der Waals surface area contributed by atoms with E-state index in [2.05, 4.69) is 0 Å². The molecular formula is C20H27NO6. The number of esters is 2. The van der Waals surface area contributed by atoms with Crippen molar-refractivity contribution >= 4 is 17.9 Å². The number of carboxylic acids is 1. The van der Waals surface area contributed by atoms with Gasteiger partial charge in [0.25, 0.3) is 0 Å². The van der Waals surface area contributed by atoms with Gasteiger partial charge in [-0.25, -0.2) is 4.79 Å². The SMILES string of the molecule is CCCC(OC(=O)c1ccccc1)OC(=O)C(N)C1(C(=O)O)CCCCC1. The third kappa shape index (κ3) is 5.07. The first kappa shape index (κ1) is 20.9. The number of ether oxygens (including phenoxy) is 2. The van der Waals surface area contributed by atoms with Gasteiger partial charge in [0.1, 0.15) is 6.04 Å². The number of aliphatic carboxylic acids is 1. The number of carbonyl (C=O) groups excluding carboxylic acids is 2. The van der Waals surface area contributed by atoms with Gasteiger partial charge >= 0.3 is 17.9 Å². The fourth-order valence-corrected chi connectivity index (χ4v) is 3.41. The van der Waals surface area contributed by atoms with Crippen molar-refractivity contribution in [3.63, 3.8) is 0 Å². The Morgan fingerprint density at radius 1 is 1.11 bits per heavy atom. The largest absolute Gasteiger partial charge is 0.481 e. The van der Waals surface area contributed by atoms with E-state index in [0.717, 1.165) is 6.42 Å². The summed E-state index contributed by atoms with van der Waals surface area (Å²) in [7, 11) is 0. The Bertz CT molecular complexity index is 654. The molecule has 1 aromatic rings. The van der Waals surface area contributed by atoms with Crippen molar-refractivity contribution in [3.8, 4) is 0 Å². The van der Waals surface area contributed by atoms with Gasteiger partial charge in [0.15, 0.2) is 0 Å². The van der Waals surface area contributed by atoms with E-state index >= 15 is 0 Å². The Morgan fingerprint density at radius 3 is 2.30 bits per heavy atom. The van der Waals surface area contributed by atoms with E-state index in [4.69, 9.17) is 15.2 Å². The van der Waals surface area contributed by atoms with Crippen LogP contribution < -0.4 is 5.73 Å². The van der Waals surface area contributed by atoms with Gasteiger partial charge in [-0.1, -0.05) is 44.4 Å². The second kappa shape index (κ2) is 9.50. The summed E-state index contributed by atoms with van der Waals surface area (Å²) in [5.41, 5.74) is 5.04. The van der Waals surface area contributed by atoms with E-state index in [-0.39, 0.29) is 0 Å². The van der Waals surface area contributed by atoms with E-state index < -0.39 is 35.7 Å². The summed E-state index contributed by atoms with van der Waals surface area (Å²) in [4.78, 5) is 36.6. The third-order valence-electron chi connectivity index (χ3n) is 5.04. The minimum absolute atomic E-state index is 0.303. The maximum Gasteiger partial charge on any atom is 0.341 e. The molecule has 0 aliphatic heterocycles. The molecule has 0 saturated heterocycles. The van der Waals surface area contributed by atoms with Gasteiger partial charge in [-0.2, -0.15) is 0 Å². The first-order valence-electron chi connectivity index (χ1n) is 9.36. The van der Waals surface area contributed by atoms with E-state index in [0.29, 0.717) is 44.1 Å². The molecule has 1 aliphatic carbocycles. The van der Waals surface area contributed by atoms with Gasteiger partial charge in [0.05, 0.1) is 11.0 Å². The summed E-state index contributed by atoms with van der Waals surface area (Å²) < 4.78 is 10.6. The van der Waals surface area contributed by atoms with Crippen LogP contribution in [0.4, 0.5) is 0 Å². The number of rotatable bonds is 8. The lowest BCUT2D eigenvalue weighted by Crippen LogP contribution is -2.54. The predicted octanol–water partition coefficient (Wildman–Crippen LogP) is 2.88. The molecule has 2 atom stereocenters. The maximum absolute atomic E-state index is 12.6. The van der Waals surface area contributed by atoms with Crippen molar-refractivity contribution < 1.29 is 29.0 Å². The van der Waals surface area contributed by atoms with Crippen LogP contribution in [0, 0.1) is 5.41 Å². The Labute approximate surface area is 158 Å². The number of hydrogen-bond acceptors (Lipinski definition) is 6. The quantitative estimate of drug-likeness (QED) is 0.528. The molecule has 27 heavy (non-hydrogen) atoms. The van der Waals surface area contributed by atoms with Crippen LogP contribution in [0.1, 0.15) is 62.2 Å². The van der Waals surface area contributed by atoms with Crippen molar-refractivity contribution in [3.05, 3.63) is 35.9 Å². The molecule has 148 valence electrons. The molecule has 7 nitrogen and oxygen atoms in total. The number of carboxylic acid groups (broad SMARTS) is 1. The van der Waals surface area contributed by atoms with E-state index in [1.807, 2.05) is 6.92 Å². The van der Waals surface area contributed by atoms with E-state index in [9.17, 15) is 19.5 Å². The van der Waals surface area contributed by atoms with Gasteiger partial charge in [-0.05, 0) is 31.4 Å². The first-order valence-corrected chi connectivity index (χ1v) is 9.36. The molecule has 1 aliphatic rings. The Morgan fingerprint density at radius 2 is 1.74 bits per heavy atom. The van der Waals surface area contributed by atoms with Gasteiger partial charge in [0.2, 0.25) is 6.29 Å². The maximum atomic E-state index is 12.6. The lowest BCUT2D eigenvalue weighted by atomic mass is 9.69. The minimum Gasteiger partial charge on any atom is -0.481 e. The fraction of sp³-hybridized carbons (Fsp3) is 0.550. The molecule has 0 radical (unpaired) electrons. The average molecular weight is 377 g/mol. The van der Waals surface area contributed by atoms with Crippen molar-refractivity contribution in [1.82, 2.24) is 0 Å². The predicted molar refractivity (Wildman–Crippen MR) is 97.8 cm³/mol. The zero-order chi connectivity index (χ0) is 19.9. The van der Waals surface area contributed by atoms with Crippen LogP contribution in [0.25, 0.3) is 0 Å². The lowest BCUT2D eigenvalue weighted by molar-refractivity contribution is -0.179. The highest BCUT2D eigenvalue weighted by atomic mass is 16.7. The van der Waals surface area contributed by atoms with E-state index in [1.165, 1.54) is 0 Å². The number of nitrogens with two attached hydrogens (primary N) is 1. The number of carbonyl (C=O) groups is 3.